The van der Waals surface area contributed by atoms with E-state index < -0.39 is 0 Å². The number of ketones is 1. The largest absolute Gasteiger partial charge is 0.496 e. The molecule has 0 spiro atoms. The molecule has 0 radical (unpaired) electrons. The molecule has 3 heteroatoms. The van der Waals surface area contributed by atoms with Gasteiger partial charge in [-0.15, -0.1) is 0 Å². The fraction of sp³-hybridized carbons (Fsp3) is 0.0455. The van der Waals surface area contributed by atoms with Crippen LogP contribution in [0.3, 0.4) is 0 Å². The van der Waals surface area contributed by atoms with Gasteiger partial charge in [-0.1, -0.05) is 48.5 Å². The first kappa shape index (κ1) is 16.5. The van der Waals surface area contributed by atoms with Crippen LogP contribution in [-0.2, 0) is 0 Å². The molecule has 0 aromatic heterocycles. The Bertz CT molecular complexity index is 883. The molecule has 3 aromatic rings. The Balaban J connectivity index is 1.83. The van der Waals surface area contributed by atoms with E-state index in [9.17, 15) is 4.79 Å². The summed E-state index contributed by atoms with van der Waals surface area (Å²) in [4.78, 5) is 12.5. The number of para-hydroxylation sites is 3. The number of carbonyl (C=O) groups excluding carboxylic acids is 1. The molecule has 0 fully saturated rings. The van der Waals surface area contributed by atoms with Crippen LogP contribution in [0.15, 0.2) is 84.9 Å². The minimum atomic E-state index is -0.119. The second-order valence-electron chi connectivity index (χ2n) is 5.35. The number of allylic oxidation sites excluding steroid dienone is 1. The van der Waals surface area contributed by atoms with Crippen molar-refractivity contribution >= 4 is 11.9 Å². The normalized spacial score (nSPS) is 10.6. The van der Waals surface area contributed by atoms with Crippen molar-refractivity contribution in [1.29, 1.82) is 0 Å². The monoisotopic (exact) mass is 330 g/mol. The molecule has 0 atom stereocenters. The average molecular weight is 330 g/mol. The SMILES string of the molecule is COc1ccccc1C(=O)/C=C/c1ccccc1Oc1ccccc1. The Morgan fingerprint density at radius 3 is 2.20 bits per heavy atom. The van der Waals surface area contributed by atoms with Gasteiger partial charge in [-0.25, -0.2) is 0 Å². The molecule has 0 heterocycles. The molecule has 0 saturated carbocycles. The average Bonchev–Trinajstić information content (AvgIpc) is 2.68. The number of methoxy groups -OCH3 is 1. The summed E-state index contributed by atoms with van der Waals surface area (Å²) < 4.78 is 11.1. The Morgan fingerprint density at radius 1 is 0.800 bits per heavy atom. The number of carbonyl (C=O) groups is 1. The molecule has 3 aromatic carbocycles. The summed E-state index contributed by atoms with van der Waals surface area (Å²) in [5.74, 6) is 1.88. The van der Waals surface area contributed by atoms with Crippen molar-refractivity contribution in [3.05, 3.63) is 96.1 Å². The van der Waals surface area contributed by atoms with Gasteiger partial charge in [0.25, 0.3) is 0 Å². The van der Waals surface area contributed by atoms with E-state index in [1.807, 2.05) is 66.7 Å². The summed E-state index contributed by atoms with van der Waals surface area (Å²) in [7, 11) is 1.55. The second kappa shape index (κ2) is 7.97. The van der Waals surface area contributed by atoms with E-state index in [1.54, 1.807) is 25.3 Å². The van der Waals surface area contributed by atoms with Gasteiger partial charge in [0.2, 0.25) is 0 Å². The van der Waals surface area contributed by atoms with Gasteiger partial charge in [0.1, 0.15) is 17.2 Å². The number of ether oxygens (including phenoxy) is 2. The summed E-state index contributed by atoms with van der Waals surface area (Å²) in [6.45, 7) is 0. The van der Waals surface area contributed by atoms with E-state index in [4.69, 9.17) is 9.47 Å². The van der Waals surface area contributed by atoms with Gasteiger partial charge < -0.3 is 9.47 Å². The fourth-order valence-electron chi connectivity index (χ4n) is 2.43. The van der Waals surface area contributed by atoms with Crippen molar-refractivity contribution in [2.45, 2.75) is 0 Å². The molecule has 0 aliphatic rings. The van der Waals surface area contributed by atoms with Gasteiger partial charge in [-0.05, 0) is 42.5 Å². The minimum Gasteiger partial charge on any atom is -0.496 e. The Kier molecular flexibility index (Phi) is 5.27. The molecule has 0 N–H and O–H groups in total. The van der Waals surface area contributed by atoms with Crippen LogP contribution in [-0.4, -0.2) is 12.9 Å². The lowest BCUT2D eigenvalue weighted by molar-refractivity contribution is 0.104. The zero-order valence-electron chi connectivity index (χ0n) is 13.9. The lowest BCUT2D eigenvalue weighted by atomic mass is 10.1. The molecule has 0 bridgehead atoms. The maximum absolute atomic E-state index is 12.5. The first-order valence-electron chi connectivity index (χ1n) is 7.95. The summed E-state index contributed by atoms with van der Waals surface area (Å²) in [5, 5.41) is 0. The Morgan fingerprint density at radius 2 is 1.44 bits per heavy atom. The highest BCUT2D eigenvalue weighted by Crippen LogP contribution is 2.26. The first-order valence-corrected chi connectivity index (χ1v) is 7.95. The third-order valence-electron chi connectivity index (χ3n) is 3.68. The molecule has 3 rings (SSSR count). The van der Waals surface area contributed by atoms with E-state index in [2.05, 4.69) is 0 Å². The molecule has 124 valence electrons. The molecule has 0 aliphatic carbocycles. The highest BCUT2D eigenvalue weighted by molar-refractivity contribution is 6.08. The van der Waals surface area contributed by atoms with Gasteiger partial charge in [0, 0.05) is 5.56 Å². The number of benzene rings is 3. The first-order chi connectivity index (χ1) is 12.3. The zero-order valence-corrected chi connectivity index (χ0v) is 13.9. The van der Waals surface area contributed by atoms with Crippen LogP contribution < -0.4 is 9.47 Å². The van der Waals surface area contributed by atoms with Crippen molar-refractivity contribution in [2.24, 2.45) is 0 Å². The predicted molar refractivity (Wildman–Crippen MR) is 99.3 cm³/mol. The zero-order chi connectivity index (χ0) is 17.5. The second-order valence-corrected chi connectivity index (χ2v) is 5.35. The summed E-state index contributed by atoms with van der Waals surface area (Å²) in [6, 6.07) is 24.3. The molecule has 25 heavy (non-hydrogen) atoms. The van der Waals surface area contributed by atoms with Crippen molar-refractivity contribution in [3.8, 4) is 17.2 Å². The molecular formula is C22H18O3. The van der Waals surface area contributed by atoms with Crippen LogP contribution in [0, 0.1) is 0 Å². The van der Waals surface area contributed by atoms with Crippen molar-refractivity contribution in [3.63, 3.8) is 0 Å². The van der Waals surface area contributed by atoms with Gasteiger partial charge in [0.15, 0.2) is 5.78 Å². The molecule has 0 amide bonds. The molecule has 0 saturated heterocycles. The maximum atomic E-state index is 12.5. The van der Waals surface area contributed by atoms with Gasteiger partial charge >= 0.3 is 0 Å². The van der Waals surface area contributed by atoms with Crippen molar-refractivity contribution in [2.75, 3.05) is 7.11 Å². The van der Waals surface area contributed by atoms with Gasteiger partial charge in [-0.3, -0.25) is 4.79 Å². The predicted octanol–water partition coefficient (Wildman–Crippen LogP) is 5.38. The van der Waals surface area contributed by atoms with E-state index in [0.29, 0.717) is 17.1 Å². The summed E-state index contributed by atoms with van der Waals surface area (Å²) in [5.41, 5.74) is 1.36. The van der Waals surface area contributed by atoms with Gasteiger partial charge in [-0.2, -0.15) is 0 Å². The fourth-order valence-corrected chi connectivity index (χ4v) is 2.43. The van der Waals surface area contributed by atoms with Crippen LogP contribution in [0.1, 0.15) is 15.9 Å². The van der Waals surface area contributed by atoms with Gasteiger partial charge in [0.05, 0.1) is 12.7 Å². The third kappa shape index (κ3) is 4.15. The molecular weight excluding hydrogens is 312 g/mol. The summed E-state index contributed by atoms with van der Waals surface area (Å²) in [6.07, 6.45) is 3.29. The molecule has 0 unspecified atom stereocenters. The smallest absolute Gasteiger partial charge is 0.189 e. The maximum Gasteiger partial charge on any atom is 0.189 e. The summed E-state index contributed by atoms with van der Waals surface area (Å²) >= 11 is 0. The number of rotatable bonds is 6. The number of hydrogen-bond donors (Lipinski definition) is 0. The molecule has 0 aliphatic heterocycles. The highest BCUT2D eigenvalue weighted by atomic mass is 16.5. The quantitative estimate of drug-likeness (QED) is 0.449. The van der Waals surface area contributed by atoms with E-state index in [0.717, 1.165) is 11.3 Å². The number of hydrogen-bond acceptors (Lipinski definition) is 3. The van der Waals surface area contributed by atoms with E-state index in [-0.39, 0.29) is 5.78 Å². The Labute approximate surface area is 147 Å². The van der Waals surface area contributed by atoms with Crippen LogP contribution in [0.2, 0.25) is 0 Å². The van der Waals surface area contributed by atoms with Crippen LogP contribution in [0.5, 0.6) is 17.2 Å². The minimum absolute atomic E-state index is 0.119. The lowest BCUT2D eigenvalue weighted by Gasteiger charge is -2.08. The third-order valence-corrected chi connectivity index (χ3v) is 3.68. The Hall–Kier alpha value is -3.33. The van der Waals surface area contributed by atoms with Crippen molar-refractivity contribution < 1.29 is 14.3 Å². The van der Waals surface area contributed by atoms with Crippen LogP contribution in [0.25, 0.3) is 6.08 Å². The topological polar surface area (TPSA) is 35.5 Å². The van der Waals surface area contributed by atoms with Crippen LogP contribution in [0.4, 0.5) is 0 Å². The van der Waals surface area contributed by atoms with Crippen molar-refractivity contribution in [1.82, 2.24) is 0 Å². The lowest BCUT2D eigenvalue weighted by Crippen LogP contribution is -1.98. The molecule has 3 nitrogen and oxygen atoms in total. The standard InChI is InChI=1S/C22H18O3/c1-24-22-14-8-6-12-19(22)20(23)16-15-17-9-5-7-13-21(17)25-18-10-3-2-4-11-18/h2-16H,1H3/b16-15+. The van der Waals surface area contributed by atoms with E-state index >= 15 is 0 Å². The highest BCUT2D eigenvalue weighted by Gasteiger charge is 2.09. The van der Waals surface area contributed by atoms with E-state index in [1.165, 1.54) is 6.08 Å². The van der Waals surface area contributed by atoms with Crippen LogP contribution >= 0.6 is 0 Å².